The third kappa shape index (κ3) is 2.97. The van der Waals surface area contributed by atoms with Crippen LogP contribution in [-0.4, -0.2) is 39.5 Å². The highest BCUT2D eigenvalue weighted by atomic mass is 16.6. The third-order valence-corrected chi connectivity index (χ3v) is 4.45. The first-order chi connectivity index (χ1) is 12.0. The highest BCUT2D eigenvalue weighted by molar-refractivity contribution is 5.85. The summed E-state index contributed by atoms with van der Waals surface area (Å²) in [5.74, 6) is 2.42. The summed E-state index contributed by atoms with van der Waals surface area (Å²) < 4.78 is 13.1. The van der Waals surface area contributed by atoms with Gasteiger partial charge in [0.2, 0.25) is 0 Å². The van der Waals surface area contributed by atoms with Crippen molar-refractivity contribution in [3.05, 3.63) is 36.3 Å². The van der Waals surface area contributed by atoms with Gasteiger partial charge in [0.25, 0.3) is 0 Å². The molecule has 3 heterocycles. The van der Waals surface area contributed by atoms with Crippen LogP contribution in [0, 0.1) is 0 Å². The van der Waals surface area contributed by atoms with Crippen molar-refractivity contribution in [3.63, 3.8) is 0 Å². The second-order valence-electron chi connectivity index (χ2n) is 6.86. The number of hydrogen-bond acceptors (Lipinski definition) is 6. The van der Waals surface area contributed by atoms with Crippen LogP contribution in [-0.2, 0) is 12.5 Å². The fourth-order valence-corrected chi connectivity index (χ4v) is 2.96. The predicted molar refractivity (Wildman–Crippen MR) is 95.3 cm³/mol. The van der Waals surface area contributed by atoms with Crippen LogP contribution in [0.3, 0.4) is 0 Å². The van der Waals surface area contributed by atoms with Crippen molar-refractivity contribution in [2.24, 2.45) is 7.05 Å². The van der Waals surface area contributed by atoms with Gasteiger partial charge in [-0.25, -0.2) is 9.97 Å². The molecule has 1 N–H and O–H groups in total. The monoisotopic (exact) mass is 339 g/mol. The third-order valence-electron chi connectivity index (χ3n) is 4.45. The molecule has 7 heteroatoms. The maximum Gasteiger partial charge on any atom is 0.186 e. The van der Waals surface area contributed by atoms with Crippen LogP contribution in [0.2, 0.25) is 0 Å². The Kier molecular flexibility index (Phi) is 3.71. The molecule has 7 nitrogen and oxygen atoms in total. The van der Waals surface area contributed by atoms with Gasteiger partial charge in [0, 0.05) is 25.2 Å². The van der Waals surface area contributed by atoms with E-state index in [4.69, 9.17) is 9.47 Å². The summed E-state index contributed by atoms with van der Waals surface area (Å²) in [7, 11) is 1.88. The molecule has 0 bridgehead atoms. The number of nitrogens with one attached hydrogen (secondary N) is 1. The molecule has 130 valence electrons. The SMILES string of the molecule is Cn1cc2c(NCC(C)(C)c3ccc4c(c3)OCCO4)ncnc2n1. The van der Waals surface area contributed by atoms with Crippen LogP contribution in [0.4, 0.5) is 5.82 Å². The number of anilines is 1. The lowest BCUT2D eigenvalue weighted by Crippen LogP contribution is -2.28. The minimum absolute atomic E-state index is 0.116. The average Bonchev–Trinajstić information content (AvgIpc) is 3.00. The molecular formula is C18H21N5O2. The van der Waals surface area contributed by atoms with Crippen LogP contribution in [0.5, 0.6) is 11.5 Å². The van der Waals surface area contributed by atoms with Crippen LogP contribution in [0.1, 0.15) is 19.4 Å². The number of rotatable bonds is 4. The van der Waals surface area contributed by atoms with E-state index < -0.39 is 0 Å². The van der Waals surface area contributed by atoms with Crippen molar-refractivity contribution in [2.75, 3.05) is 25.1 Å². The lowest BCUT2D eigenvalue weighted by Gasteiger charge is -2.28. The van der Waals surface area contributed by atoms with E-state index in [-0.39, 0.29) is 5.41 Å². The maximum atomic E-state index is 5.71. The first-order valence-electron chi connectivity index (χ1n) is 8.31. The predicted octanol–water partition coefficient (Wildman–Crippen LogP) is 2.52. The van der Waals surface area contributed by atoms with E-state index in [9.17, 15) is 0 Å². The molecule has 0 unspecified atom stereocenters. The summed E-state index contributed by atoms with van der Waals surface area (Å²) >= 11 is 0. The Morgan fingerprint density at radius 3 is 2.80 bits per heavy atom. The molecule has 1 aliphatic heterocycles. The Bertz CT molecular complexity index is 919. The molecule has 0 atom stereocenters. The Balaban J connectivity index is 1.56. The molecule has 0 spiro atoms. The van der Waals surface area contributed by atoms with Crippen molar-refractivity contribution in [2.45, 2.75) is 19.3 Å². The second-order valence-corrected chi connectivity index (χ2v) is 6.86. The van der Waals surface area contributed by atoms with Crippen molar-refractivity contribution in [3.8, 4) is 11.5 Å². The smallest absolute Gasteiger partial charge is 0.186 e. The van der Waals surface area contributed by atoms with E-state index in [0.717, 1.165) is 22.7 Å². The zero-order valence-corrected chi connectivity index (χ0v) is 14.6. The van der Waals surface area contributed by atoms with Gasteiger partial charge in [-0.2, -0.15) is 5.10 Å². The summed E-state index contributed by atoms with van der Waals surface area (Å²) in [6, 6.07) is 6.14. The van der Waals surface area contributed by atoms with Crippen LogP contribution >= 0.6 is 0 Å². The number of hydrogen-bond donors (Lipinski definition) is 1. The van der Waals surface area contributed by atoms with Gasteiger partial charge in [-0.1, -0.05) is 19.9 Å². The second kappa shape index (κ2) is 5.91. The Morgan fingerprint density at radius 2 is 1.96 bits per heavy atom. The molecule has 2 aromatic heterocycles. The summed E-state index contributed by atoms with van der Waals surface area (Å²) in [6.07, 6.45) is 3.46. The quantitative estimate of drug-likeness (QED) is 0.787. The van der Waals surface area contributed by atoms with Crippen LogP contribution in [0.25, 0.3) is 11.0 Å². The number of benzene rings is 1. The minimum atomic E-state index is -0.116. The van der Waals surface area contributed by atoms with E-state index >= 15 is 0 Å². The summed E-state index contributed by atoms with van der Waals surface area (Å²) in [5.41, 5.74) is 1.76. The van der Waals surface area contributed by atoms with E-state index in [1.807, 2.05) is 19.3 Å². The Hall–Kier alpha value is -2.83. The lowest BCUT2D eigenvalue weighted by atomic mass is 9.84. The number of nitrogens with zero attached hydrogens (tertiary/aromatic N) is 4. The molecule has 0 radical (unpaired) electrons. The molecule has 0 fully saturated rings. The zero-order chi connectivity index (χ0) is 17.4. The molecule has 3 aromatic rings. The van der Waals surface area contributed by atoms with Gasteiger partial charge in [0.15, 0.2) is 17.1 Å². The molecule has 0 amide bonds. The lowest BCUT2D eigenvalue weighted by molar-refractivity contribution is 0.171. The van der Waals surface area contributed by atoms with Gasteiger partial charge in [0.1, 0.15) is 25.4 Å². The standard InChI is InChI=1S/C18H21N5O2/c1-18(2,12-4-5-14-15(8-12)25-7-6-24-14)10-19-16-13-9-23(3)22-17(13)21-11-20-16/h4-5,8-9,11H,6-7,10H2,1-3H3,(H,19,20,21,22). The molecule has 0 saturated heterocycles. The fraction of sp³-hybridized carbons (Fsp3) is 0.389. The van der Waals surface area contributed by atoms with E-state index in [1.165, 1.54) is 11.9 Å². The Labute approximate surface area is 146 Å². The van der Waals surface area contributed by atoms with Crippen molar-refractivity contribution in [1.29, 1.82) is 0 Å². The molecule has 0 aliphatic carbocycles. The average molecular weight is 339 g/mol. The van der Waals surface area contributed by atoms with Crippen LogP contribution in [0.15, 0.2) is 30.7 Å². The van der Waals surface area contributed by atoms with E-state index in [0.29, 0.717) is 25.4 Å². The zero-order valence-electron chi connectivity index (χ0n) is 14.6. The van der Waals surface area contributed by atoms with Gasteiger partial charge in [-0.15, -0.1) is 0 Å². The number of fused-ring (bicyclic) bond motifs is 2. The van der Waals surface area contributed by atoms with Gasteiger partial charge >= 0.3 is 0 Å². The van der Waals surface area contributed by atoms with Gasteiger partial charge in [-0.3, -0.25) is 4.68 Å². The van der Waals surface area contributed by atoms with Crippen LogP contribution < -0.4 is 14.8 Å². The van der Waals surface area contributed by atoms with E-state index in [1.54, 1.807) is 4.68 Å². The van der Waals surface area contributed by atoms with Gasteiger partial charge in [-0.05, 0) is 17.7 Å². The van der Waals surface area contributed by atoms with Crippen molar-refractivity contribution >= 4 is 16.9 Å². The number of aromatic nitrogens is 4. The molecular weight excluding hydrogens is 318 g/mol. The van der Waals surface area contributed by atoms with Gasteiger partial charge in [0.05, 0.1) is 5.39 Å². The summed E-state index contributed by atoms with van der Waals surface area (Å²) in [6.45, 7) is 6.29. The summed E-state index contributed by atoms with van der Waals surface area (Å²) in [5, 5.41) is 8.68. The molecule has 25 heavy (non-hydrogen) atoms. The van der Waals surface area contributed by atoms with Gasteiger partial charge < -0.3 is 14.8 Å². The number of ether oxygens (including phenoxy) is 2. The normalized spacial score (nSPS) is 13.9. The Morgan fingerprint density at radius 1 is 1.16 bits per heavy atom. The van der Waals surface area contributed by atoms with Crippen molar-refractivity contribution < 1.29 is 9.47 Å². The van der Waals surface area contributed by atoms with E-state index in [2.05, 4.69) is 46.4 Å². The maximum absolute atomic E-state index is 5.71. The first-order valence-corrected chi connectivity index (χ1v) is 8.31. The summed E-state index contributed by atoms with van der Waals surface area (Å²) in [4.78, 5) is 8.57. The highest BCUT2D eigenvalue weighted by Crippen LogP contribution is 2.35. The molecule has 1 aliphatic rings. The number of aryl methyl sites for hydroxylation is 1. The van der Waals surface area contributed by atoms with Crippen molar-refractivity contribution in [1.82, 2.24) is 19.7 Å². The first kappa shape index (κ1) is 15.7. The molecule has 4 rings (SSSR count). The molecule has 1 aromatic carbocycles. The molecule has 0 saturated carbocycles. The topological polar surface area (TPSA) is 74.1 Å². The largest absolute Gasteiger partial charge is 0.486 e. The minimum Gasteiger partial charge on any atom is -0.486 e. The fourth-order valence-electron chi connectivity index (χ4n) is 2.96. The highest BCUT2D eigenvalue weighted by Gasteiger charge is 2.24.